The van der Waals surface area contributed by atoms with E-state index in [0.717, 1.165) is 16.9 Å². The Bertz CT molecular complexity index is 947. The molecule has 154 valence electrons. The SMILES string of the molecule is CC(C)Oc1cc2c(cc1F)CN=C2c1cc(N2C[C@H](O)[C@@H](N(C)C)C2)ncn1. The molecule has 0 bridgehead atoms. The maximum Gasteiger partial charge on any atom is 0.165 e. The van der Waals surface area contributed by atoms with E-state index in [9.17, 15) is 9.50 Å². The van der Waals surface area contributed by atoms with Gasteiger partial charge in [-0.15, -0.1) is 0 Å². The Morgan fingerprint density at radius 2 is 2.00 bits per heavy atom. The second kappa shape index (κ2) is 7.68. The molecule has 8 heteroatoms. The lowest BCUT2D eigenvalue weighted by Gasteiger charge is -2.22. The van der Waals surface area contributed by atoms with Gasteiger partial charge in [0.1, 0.15) is 12.1 Å². The Balaban J connectivity index is 1.63. The van der Waals surface area contributed by atoms with Crippen molar-refractivity contribution in [2.24, 2.45) is 4.99 Å². The molecule has 1 saturated heterocycles. The van der Waals surface area contributed by atoms with Crippen molar-refractivity contribution in [1.82, 2.24) is 14.9 Å². The molecule has 2 aliphatic heterocycles. The van der Waals surface area contributed by atoms with Gasteiger partial charge in [0.2, 0.25) is 0 Å². The Hall–Kier alpha value is -2.58. The highest BCUT2D eigenvalue weighted by Gasteiger charge is 2.34. The minimum atomic E-state index is -0.438. The van der Waals surface area contributed by atoms with E-state index in [1.54, 1.807) is 6.07 Å². The van der Waals surface area contributed by atoms with Crippen LogP contribution in [0.4, 0.5) is 10.2 Å². The highest BCUT2D eigenvalue weighted by Crippen LogP contribution is 2.30. The number of aromatic nitrogens is 2. The average molecular weight is 399 g/mol. The number of aliphatic imine (C=N–C) groups is 1. The lowest BCUT2D eigenvalue weighted by atomic mass is 10.0. The maximum absolute atomic E-state index is 14.3. The van der Waals surface area contributed by atoms with E-state index in [1.165, 1.54) is 12.4 Å². The van der Waals surface area contributed by atoms with Gasteiger partial charge in [-0.3, -0.25) is 4.99 Å². The fourth-order valence-electron chi connectivity index (χ4n) is 3.87. The number of nitrogens with zero attached hydrogens (tertiary/aromatic N) is 5. The monoisotopic (exact) mass is 399 g/mol. The number of anilines is 1. The molecule has 2 aromatic rings. The lowest BCUT2D eigenvalue weighted by molar-refractivity contribution is 0.114. The van der Waals surface area contributed by atoms with E-state index in [1.807, 2.05) is 38.9 Å². The van der Waals surface area contributed by atoms with Gasteiger partial charge in [0.15, 0.2) is 11.6 Å². The number of ether oxygens (including phenoxy) is 1. The van der Waals surface area contributed by atoms with Gasteiger partial charge in [0.05, 0.1) is 36.2 Å². The summed E-state index contributed by atoms with van der Waals surface area (Å²) in [6.07, 6.45) is 0.947. The van der Waals surface area contributed by atoms with E-state index >= 15 is 0 Å². The maximum atomic E-state index is 14.3. The normalized spacial score (nSPS) is 21.1. The molecule has 3 heterocycles. The minimum Gasteiger partial charge on any atom is -0.488 e. The van der Waals surface area contributed by atoms with Gasteiger partial charge in [0, 0.05) is 24.7 Å². The third kappa shape index (κ3) is 3.82. The zero-order valence-corrected chi connectivity index (χ0v) is 17.1. The van der Waals surface area contributed by atoms with Crippen molar-refractivity contribution < 1.29 is 14.2 Å². The van der Waals surface area contributed by atoms with Gasteiger partial charge in [-0.2, -0.15) is 0 Å². The third-order valence-corrected chi connectivity index (χ3v) is 5.32. The van der Waals surface area contributed by atoms with Crippen LogP contribution >= 0.6 is 0 Å². The largest absolute Gasteiger partial charge is 0.488 e. The molecular weight excluding hydrogens is 373 g/mol. The minimum absolute atomic E-state index is 0.0525. The Morgan fingerprint density at radius 3 is 2.69 bits per heavy atom. The molecule has 29 heavy (non-hydrogen) atoms. The molecule has 7 nitrogen and oxygen atoms in total. The number of likely N-dealkylation sites (N-methyl/N-ethyl adjacent to an activating group) is 1. The third-order valence-electron chi connectivity index (χ3n) is 5.32. The average Bonchev–Trinajstić information content (AvgIpc) is 3.25. The number of hydrogen-bond acceptors (Lipinski definition) is 7. The summed E-state index contributed by atoms with van der Waals surface area (Å²) >= 11 is 0. The van der Waals surface area contributed by atoms with Crippen LogP contribution < -0.4 is 9.64 Å². The van der Waals surface area contributed by atoms with Gasteiger partial charge in [-0.1, -0.05) is 0 Å². The quantitative estimate of drug-likeness (QED) is 0.827. The molecule has 1 aromatic carbocycles. The summed E-state index contributed by atoms with van der Waals surface area (Å²) in [5.41, 5.74) is 3.04. The van der Waals surface area contributed by atoms with Crippen molar-refractivity contribution in [2.75, 3.05) is 32.1 Å². The molecule has 2 atom stereocenters. The molecule has 1 fully saturated rings. The molecule has 2 aliphatic rings. The van der Waals surface area contributed by atoms with Gasteiger partial charge in [-0.25, -0.2) is 14.4 Å². The number of aliphatic hydroxyl groups is 1. The van der Waals surface area contributed by atoms with E-state index in [0.29, 0.717) is 31.0 Å². The number of benzene rings is 1. The summed E-state index contributed by atoms with van der Waals surface area (Å²) in [7, 11) is 3.92. The number of fused-ring (bicyclic) bond motifs is 1. The summed E-state index contributed by atoms with van der Waals surface area (Å²) in [5, 5.41) is 10.3. The van der Waals surface area contributed by atoms with Crippen LogP contribution in [-0.2, 0) is 6.54 Å². The molecule has 4 rings (SSSR count). The van der Waals surface area contributed by atoms with Crippen LogP contribution in [0.15, 0.2) is 29.5 Å². The van der Waals surface area contributed by atoms with Crippen molar-refractivity contribution in [3.05, 3.63) is 47.2 Å². The van der Waals surface area contributed by atoms with Crippen molar-refractivity contribution in [3.63, 3.8) is 0 Å². The molecular formula is C21H26FN5O2. The van der Waals surface area contributed by atoms with E-state index in [-0.39, 0.29) is 23.7 Å². The van der Waals surface area contributed by atoms with Crippen molar-refractivity contribution in [3.8, 4) is 5.75 Å². The molecule has 0 unspecified atom stereocenters. The zero-order valence-electron chi connectivity index (χ0n) is 17.1. The molecule has 0 aliphatic carbocycles. The molecule has 0 radical (unpaired) electrons. The summed E-state index contributed by atoms with van der Waals surface area (Å²) < 4.78 is 19.9. The van der Waals surface area contributed by atoms with Crippen molar-refractivity contribution in [1.29, 1.82) is 0 Å². The number of β-amino-alcohol motifs (C(OH)–C–C–N with tert-alkyl or cyclic N) is 1. The Kier molecular flexibility index (Phi) is 5.23. The molecule has 0 amide bonds. The highest BCUT2D eigenvalue weighted by atomic mass is 19.1. The topological polar surface area (TPSA) is 74.1 Å². The van der Waals surface area contributed by atoms with Crippen LogP contribution in [0.3, 0.4) is 0 Å². The first-order valence-electron chi connectivity index (χ1n) is 9.79. The van der Waals surface area contributed by atoms with Crippen LogP contribution in [0, 0.1) is 5.82 Å². The summed E-state index contributed by atoms with van der Waals surface area (Å²) in [4.78, 5) is 17.5. The second-order valence-corrected chi connectivity index (χ2v) is 8.04. The zero-order chi connectivity index (χ0) is 20.7. The Labute approximate surface area is 169 Å². The van der Waals surface area contributed by atoms with E-state index < -0.39 is 6.10 Å². The van der Waals surface area contributed by atoms with Crippen LogP contribution in [0.2, 0.25) is 0 Å². The van der Waals surface area contributed by atoms with Crippen LogP contribution in [-0.4, -0.2) is 71.1 Å². The Morgan fingerprint density at radius 1 is 1.21 bits per heavy atom. The van der Waals surface area contributed by atoms with Crippen molar-refractivity contribution in [2.45, 2.75) is 38.6 Å². The van der Waals surface area contributed by atoms with Crippen LogP contribution in [0.5, 0.6) is 5.75 Å². The summed E-state index contributed by atoms with van der Waals surface area (Å²) in [6.45, 7) is 5.34. The highest BCUT2D eigenvalue weighted by molar-refractivity contribution is 6.14. The predicted molar refractivity (Wildman–Crippen MR) is 109 cm³/mol. The number of rotatable bonds is 5. The summed E-state index contributed by atoms with van der Waals surface area (Å²) in [6, 6.07) is 5.13. The van der Waals surface area contributed by atoms with Gasteiger partial charge in [0.25, 0.3) is 0 Å². The molecule has 0 spiro atoms. The second-order valence-electron chi connectivity index (χ2n) is 8.04. The molecule has 1 aromatic heterocycles. The van der Waals surface area contributed by atoms with Crippen LogP contribution in [0.25, 0.3) is 0 Å². The van der Waals surface area contributed by atoms with Gasteiger partial charge >= 0.3 is 0 Å². The van der Waals surface area contributed by atoms with Crippen molar-refractivity contribution >= 4 is 11.5 Å². The number of halogens is 1. The van der Waals surface area contributed by atoms with Gasteiger partial charge in [-0.05, 0) is 45.6 Å². The molecule has 0 saturated carbocycles. The number of aliphatic hydroxyl groups excluding tert-OH is 1. The smallest absolute Gasteiger partial charge is 0.165 e. The summed E-state index contributed by atoms with van der Waals surface area (Å²) in [5.74, 6) is 0.590. The first-order valence-corrected chi connectivity index (χ1v) is 9.79. The first kappa shape index (κ1) is 19.7. The molecule has 1 N–H and O–H groups in total. The van der Waals surface area contributed by atoms with E-state index in [4.69, 9.17) is 4.74 Å². The standard InChI is InChI=1S/C21H26FN5O2/c1-12(2)29-19-6-14-13(5-15(19)22)8-23-21(14)16-7-20(25-11-24-16)27-9-17(26(3)4)18(28)10-27/h5-7,11-12,17-18,28H,8-10H2,1-4H3/t17-,18-/m0/s1. The lowest BCUT2D eigenvalue weighted by Crippen LogP contribution is -2.38. The van der Waals surface area contributed by atoms with Gasteiger partial charge < -0.3 is 19.6 Å². The predicted octanol–water partition coefficient (Wildman–Crippen LogP) is 1.86. The fraction of sp³-hybridized carbons (Fsp3) is 0.476. The number of hydrogen-bond donors (Lipinski definition) is 1. The van der Waals surface area contributed by atoms with E-state index in [2.05, 4.69) is 19.9 Å². The fourth-order valence-corrected chi connectivity index (χ4v) is 3.87. The van der Waals surface area contributed by atoms with Crippen LogP contribution in [0.1, 0.15) is 30.7 Å². The first-order chi connectivity index (χ1) is 13.8.